The smallest absolute Gasteiger partial charge is 0.412 e. The molecule has 41 heavy (non-hydrogen) atoms. The molecule has 2 unspecified atom stereocenters. The first kappa shape index (κ1) is 28.1. The number of fused-ring (bicyclic) bond motifs is 1. The van der Waals surface area contributed by atoms with Crippen molar-refractivity contribution in [2.24, 2.45) is 0 Å². The van der Waals surface area contributed by atoms with E-state index in [0.29, 0.717) is 17.2 Å². The number of nitrogens with zero attached hydrogens (tertiary/aromatic N) is 2. The number of hydrogen-bond acceptors (Lipinski definition) is 6. The highest BCUT2D eigenvalue weighted by Gasteiger charge is 2.25. The van der Waals surface area contributed by atoms with Crippen LogP contribution in [-0.4, -0.2) is 44.6 Å². The van der Waals surface area contributed by atoms with Gasteiger partial charge in [-0.15, -0.1) is 0 Å². The van der Waals surface area contributed by atoms with Crippen molar-refractivity contribution >= 4 is 34.5 Å². The van der Waals surface area contributed by atoms with Crippen LogP contribution in [-0.2, 0) is 4.74 Å². The van der Waals surface area contributed by atoms with E-state index in [0.717, 1.165) is 59.1 Å². The molecule has 5 rings (SSSR count). The fourth-order valence-corrected chi connectivity index (χ4v) is 5.38. The Balaban J connectivity index is 1.21. The second-order valence-electron chi connectivity index (χ2n) is 11.8. The van der Waals surface area contributed by atoms with Gasteiger partial charge in [0.05, 0.1) is 5.69 Å². The highest BCUT2D eigenvalue weighted by Crippen LogP contribution is 2.33. The molecule has 0 aliphatic heterocycles. The Morgan fingerprint density at radius 2 is 1.73 bits per heavy atom. The summed E-state index contributed by atoms with van der Waals surface area (Å²) in [6, 6.07) is 15.2. The van der Waals surface area contributed by atoms with Crippen LogP contribution >= 0.6 is 0 Å². The molecule has 0 spiro atoms. The van der Waals surface area contributed by atoms with Crippen molar-refractivity contribution in [2.75, 3.05) is 10.6 Å². The molecule has 1 saturated carbocycles. The number of carbonyl (C=O) groups is 2. The lowest BCUT2D eigenvalue weighted by atomic mass is 9.91. The maximum Gasteiger partial charge on any atom is 0.412 e. The summed E-state index contributed by atoms with van der Waals surface area (Å²) in [5.41, 5.74) is 5.73. The number of carbonyl (C=O) groups excluding carboxylic acids is 2. The molecule has 4 aromatic rings. The topological polar surface area (TPSA) is 121 Å². The number of nitrogens with one attached hydrogen (secondary N) is 4. The summed E-state index contributed by atoms with van der Waals surface area (Å²) in [6.07, 6.45) is 5.00. The Morgan fingerprint density at radius 3 is 2.49 bits per heavy atom. The number of aromatic nitrogens is 3. The largest absolute Gasteiger partial charge is 0.444 e. The monoisotopic (exact) mass is 554 g/mol. The van der Waals surface area contributed by atoms with Gasteiger partial charge in [0.2, 0.25) is 5.95 Å². The molecule has 0 radical (unpaired) electrons. The van der Waals surface area contributed by atoms with E-state index >= 15 is 0 Å². The van der Waals surface area contributed by atoms with Gasteiger partial charge in [0.25, 0.3) is 5.91 Å². The number of para-hydroxylation sites is 1. The van der Waals surface area contributed by atoms with E-state index in [-0.39, 0.29) is 18.0 Å². The normalized spacial score (nSPS) is 17.2. The van der Waals surface area contributed by atoms with Gasteiger partial charge in [0.1, 0.15) is 5.60 Å². The third-order valence-electron chi connectivity index (χ3n) is 7.24. The maximum absolute atomic E-state index is 13.0. The molecular weight excluding hydrogens is 516 g/mol. The molecule has 2 aromatic carbocycles. The summed E-state index contributed by atoms with van der Waals surface area (Å²) in [5, 5.41) is 10.5. The second-order valence-corrected chi connectivity index (χ2v) is 11.8. The van der Waals surface area contributed by atoms with Gasteiger partial charge in [-0.1, -0.05) is 18.2 Å². The van der Waals surface area contributed by atoms with E-state index in [1.54, 1.807) is 24.3 Å². The van der Waals surface area contributed by atoms with Crippen LogP contribution in [0.15, 0.2) is 54.7 Å². The van der Waals surface area contributed by atoms with E-state index in [1.165, 1.54) is 0 Å². The van der Waals surface area contributed by atoms with Crippen molar-refractivity contribution in [1.82, 2.24) is 20.3 Å². The van der Waals surface area contributed by atoms with Crippen molar-refractivity contribution in [3.8, 4) is 11.3 Å². The first-order valence-corrected chi connectivity index (χ1v) is 14.1. The van der Waals surface area contributed by atoms with Gasteiger partial charge >= 0.3 is 6.09 Å². The number of amides is 2. The molecule has 2 atom stereocenters. The fraction of sp³-hybridized carbons (Fsp3) is 0.375. The number of ether oxygens (including phenoxy) is 1. The summed E-state index contributed by atoms with van der Waals surface area (Å²) >= 11 is 0. The number of aryl methyl sites for hydroxylation is 2. The lowest BCUT2D eigenvalue weighted by Crippen LogP contribution is -2.42. The zero-order chi connectivity index (χ0) is 29.1. The molecule has 9 heteroatoms. The van der Waals surface area contributed by atoms with Crippen LogP contribution in [0.4, 0.5) is 16.4 Å². The molecule has 1 aliphatic rings. The number of benzene rings is 2. The zero-order valence-corrected chi connectivity index (χ0v) is 24.3. The number of anilines is 2. The highest BCUT2D eigenvalue weighted by atomic mass is 16.6. The van der Waals surface area contributed by atoms with Gasteiger partial charge < -0.3 is 20.4 Å². The molecule has 2 heterocycles. The SMILES string of the molecule is Cc1cnc(NC2CCCC(NC(=O)c3ccc(NC(=O)OC(C)(C)C)cc3)C2)nc1-c1c(C)[nH]c2ccccc12. The quantitative estimate of drug-likeness (QED) is 0.209. The fourth-order valence-electron chi connectivity index (χ4n) is 5.38. The number of aromatic amines is 1. The molecule has 1 aliphatic carbocycles. The first-order valence-electron chi connectivity index (χ1n) is 14.1. The van der Waals surface area contributed by atoms with Crippen molar-refractivity contribution < 1.29 is 14.3 Å². The average molecular weight is 555 g/mol. The Kier molecular flexibility index (Phi) is 7.97. The minimum absolute atomic E-state index is 0.0362. The van der Waals surface area contributed by atoms with Gasteiger partial charge in [-0.2, -0.15) is 0 Å². The Bertz CT molecular complexity index is 1550. The predicted octanol–water partition coefficient (Wildman–Crippen LogP) is 6.74. The van der Waals surface area contributed by atoms with Crippen LogP contribution in [0.2, 0.25) is 0 Å². The number of hydrogen-bond donors (Lipinski definition) is 4. The lowest BCUT2D eigenvalue weighted by Gasteiger charge is -2.30. The Morgan fingerprint density at radius 1 is 1.00 bits per heavy atom. The molecule has 4 N–H and O–H groups in total. The van der Waals surface area contributed by atoms with E-state index < -0.39 is 11.7 Å². The van der Waals surface area contributed by atoms with E-state index in [4.69, 9.17) is 9.72 Å². The number of H-pyrrole nitrogens is 1. The molecular formula is C32H38N6O3. The average Bonchev–Trinajstić information content (AvgIpc) is 3.25. The molecule has 2 aromatic heterocycles. The van der Waals surface area contributed by atoms with Crippen LogP contribution in [0, 0.1) is 13.8 Å². The molecule has 0 saturated heterocycles. The van der Waals surface area contributed by atoms with E-state index in [1.807, 2.05) is 46.0 Å². The Labute approximate surface area is 240 Å². The van der Waals surface area contributed by atoms with Crippen LogP contribution in [0.5, 0.6) is 0 Å². The van der Waals surface area contributed by atoms with Crippen LogP contribution in [0.3, 0.4) is 0 Å². The van der Waals surface area contributed by atoms with Crippen LogP contribution in [0.25, 0.3) is 22.2 Å². The van der Waals surface area contributed by atoms with Crippen molar-refractivity contribution in [2.45, 2.75) is 78.0 Å². The van der Waals surface area contributed by atoms with Crippen LogP contribution in [0.1, 0.15) is 68.1 Å². The Hall–Kier alpha value is -4.40. The summed E-state index contributed by atoms with van der Waals surface area (Å²) in [5.74, 6) is 0.462. The van der Waals surface area contributed by atoms with E-state index in [2.05, 4.69) is 45.0 Å². The summed E-state index contributed by atoms with van der Waals surface area (Å²) in [4.78, 5) is 38.0. The summed E-state index contributed by atoms with van der Waals surface area (Å²) in [6.45, 7) is 9.53. The second kappa shape index (κ2) is 11.6. The molecule has 1 fully saturated rings. The third-order valence-corrected chi connectivity index (χ3v) is 7.24. The maximum atomic E-state index is 13.0. The molecule has 0 bridgehead atoms. The van der Waals surface area contributed by atoms with Crippen LogP contribution < -0.4 is 16.0 Å². The molecule has 2 amide bonds. The summed E-state index contributed by atoms with van der Waals surface area (Å²) < 4.78 is 5.28. The van der Waals surface area contributed by atoms with Gasteiger partial charge in [-0.3, -0.25) is 10.1 Å². The first-order chi connectivity index (χ1) is 19.6. The standard InChI is InChI=1S/C32H38N6O3/c1-19-18-33-30(38-28(19)27-20(2)34-26-12-7-6-11-25(26)27)36-24-10-8-9-23(17-24)35-29(39)21-13-15-22(16-14-21)37-31(40)41-32(3,4)5/h6-7,11-16,18,23-24,34H,8-10,17H2,1-5H3,(H,35,39)(H,37,40)(H,33,36,38). The number of rotatable bonds is 6. The van der Waals surface area contributed by atoms with E-state index in [9.17, 15) is 9.59 Å². The van der Waals surface area contributed by atoms with Gasteiger partial charge in [-0.05, 0) is 96.2 Å². The van der Waals surface area contributed by atoms with Gasteiger partial charge in [0, 0.05) is 51.7 Å². The predicted molar refractivity (Wildman–Crippen MR) is 162 cm³/mol. The molecule has 9 nitrogen and oxygen atoms in total. The lowest BCUT2D eigenvalue weighted by molar-refractivity contribution is 0.0635. The van der Waals surface area contributed by atoms with Gasteiger partial charge in [0.15, 0.2) is 0 Å². The summed E-state index contributed by atoms with van der Waals surface area (Å²) in [7, 11) is 0. The van der Waals surface area contributed by atoms with Crippen molar-refractivity contribution in [3.63, 3.8) is 0 Å². The minimum Gasteiger partial charge on any atom is -0.444 e. The third kappa shape index (κ3) is 6.85. The molecule has 214 valence electrons. The van der Waals surface area contributed by atoms with Crippen molar-refractivity contribution in [3.05, 3.63) is 71.5 Å². The zero-order valence-electron chi connectivity index (χ0n) is 24.3. The minimum atomic E-state index is -0.583. The highest BCUT2D eigenvalue weighted by molar-refractivity contribution is 5.97. The van der Waals surface area contributed by atoms with Gasteiger partial charge in [-0.25, -0.2) is 14.8 Å². The van der Waals surface area contributed by atoms with Crippen molar-refractivity contribution in [1.29, 1.82) is 0 Å².